The average Bonchev–Trinajstić information content (AvgIpc) is 3.05. The van der Waals surface area contributed by atoms with Gasteiger partial charge in [-0.25, -0.2) is 4.79 Å². The molecule has 2 aromatic rings. The fourth-order valence-electron chi connectivity index (χ4n) is 3.17. The monoisotopic (exact) mass is 337 g/mol. The van der Waals surface area contributed by atoms with E-state index < -0.39 is 6.04 Å². The van der Waals surface area contributed by atoms with E-state index in [1.54, 1.807) is 11.8 Å². The fourth-order valence-corrected chi connectivity index (χ4v) is 3.17. The zero-order valence-electron chi connectivity index (χ0n) is 14.6. The Morgan fingerprint density at radius 1 is 1.12 bits per heavy atom. The minimum absolute atomic E-state index is 0.0936. The van der Waals surface area contributed by atoms with Crippen LogP contribution in [-0.4, -0.2) is 24.5 Å². The molecule has 0 saturated carbocycles. The molecule has 1 heterocycles. The molecule has 3 rings (SSSR count). The zero-order valence-corrected chi connectivity index (χ0v) is 14.6. The molecule has 0 aromatic heterocycles. The van der Waals surface area contributed by atoms with Crippen LogP contribution >= 0.6 is 0 Å². The zero-order chi connectivity index (χ0) is 17.8. The van der Waals surface area contributed by atoms with Crippen LogP contribution in [0.4, 0.5) is 16.2 Å². The predicted octanol–water partition coefficient (Wildman–Crippen LogP) is 3.35. The van der Waals surface area contributed by atoms with Crippen LogP contribution < -0.4 is 15.5 Å². The number of benzene rings is 2. The van der Waals surface area contributed by atoms with Gasteiger partial charge in [0.15, 0.2) is 0 Å². The van der Waals surface area contributed by atoms with Crippen molar-refractivity contribution in [2.75, 3.05) is 16.8 Å². The first kappa shape index (κ1) is 17.0. The lowest BCUT2D eigenvalue weighted by Gasteiger charge is -2.22. The summed E-state index contributed by atoms with van der Waals surface area (Å²) in [5.74, 6) is -0.0936. The van der Waals surface area contributed by atoms with Crippen molar-refractivity contribution >= 4 is 23.3 Å². The molecule has 2 N–H and O–H groups in total. The largest absolute Gasteiger partial charge is 0.326 e. The van der Waals surface area contributed by atoms with Gasteiger partial charge in [0.1, 0.15) is 6.04 Å². The highest BCUT2D eigenvalue weighted by molar-refractivity contribution is 6.01. The molecule has 5 nitrogen and oxygen atoms in total. The van der Waals surface area contributed by atoms with E-state index in [0.29, 0.717) is 6.54 Å². The molecule has 5 heteroatoms. The van der Waals surface area contributed by atoms with Gasteiger partial charge in [0.25, 0.3) is 0 Å². The van der Waals surface area contributed by atoms with Crippen LogP contribution in [0.1, 0.15) is 25.0 Å². The minimum Gasteiger partial charge on any atom is -0.326 e. The van der Waals surface area contributed by atoms with Gasteiger partial charge in [-0.15, -0.1) is 0 Å². The van der Waals surface area contributed by atoms with Crippen LogP contribution in [0.5, 0.6) is 0 Å². The van der Waals surface area contributed by atoms with E-state index in [2.05, 4.69) is 10.6 Å². The molecule has 0 unspecified atom stereocenters. The van der Waals surface area contributed by atoms with Crippen molar-refractivity contribution in [3.05, 3.63) is 59.7 Å². The lowest BCUT2D eigenvalue weighted by molar-refractivity contribution is -0.119. The van der Waals surface area contributed by atoms with Gasteiger partial charge in [-0.1, -0.05) is 43.3 Å². The van der Waals surface area contributed by atoms with Gasteiger partial charge in [0.05, 0.1) is 0 Å². The maximum Gasteiger partial charge on any atom is 0.319 e. The molecule has 0 bridgehead atoms. The molecule has 2 aromatic carbocycles. The number of carbonyl (C=O) groups excluding carboxylic acids is 2. The number of hydrogen-bond donors (Lipinski definition) is 2. The third kappa shape index (κ3) is 3.65. The Labute approximate surface area is 148 Å². The molecule has 3 amide bonds. The SMILES string of the molecule is CCc1ccccc1NC(=O)N[C@H](C)C(=O)N1CCc2ccccc21. The first-order valence-corrected chi connectivity index (χ1v) is 8.65. The maximum absolute atomic E-state index is 12.7. The Morgan fingerprint density at radius 3 is 2.64 bits per heavy atom. The van der Waals surface area contributed by atoms with Gasteiger partial charge in [-0.3, -0.25) is 4.79 Å². The van der Waals surface area contributed by atoms with Crippen LogP contribution in [0, 0.1) is 0 Å². The van der Waals surface area contributed by atoms with Crippen molar-refractivity contribution in [1.29, 1.82) is 0 Å². The summed E-state index contributed by atoms with van der Waals surface area (Å²) in [5, 5.41) is 5.58. The first-order valence-electron chi connectivity index (χ1n) is 8.65. The summed E-state index contributed by atoms with van der Waals surface area (Å²) in [7, 11) is 0. The Hall–Kier alpha value is -2.82. The Bertz CT molecular complexity index is 788. The topological polar surface area (TPSA) is 61.4 Å². The number of aryl methyl sites for hydroxylation is 1. The van der Waals surface area contributed by atoms with Gasteiger partial charge < -0.3 is 15.5 Å². The average molecular weight is 337 g/mol. The number of nitrogens with zero attached hydrogens (tertiary/aromatic N) is 1. The van der Waals surface area contributed by atoms with Gasteiger partial charge in [-0.2, -0.15) is 0 Å². The van der Waals surface area contributed by atoms with Gasteiger partial charge in [0.2, 0.25) is 5.91 Å². The number of amides is 3. The molecule has 1 aliphatic rings. The molecule has 0 spiro atoms. The van der Waals surface area contributed by atoms with E-state index in [0.717, 1.165) is 29.8 Å². The summed E-state index contributed by atoms with van der Waals surface area (Å²) >= 11 is 0. The number of para-hydroxylation sites is 2. The number of carbonyl (C=O) groups is 2. The number of nitrogens with one attached hydrogen (secondary N) is 2. The first-order chi connectivity index (χ1) is 12.1. The van der Waals surface area contributed by atoms with Gasteiger partial charge in [0, 0.05) is 17.9 Å². The second-order valence-electron chi connectivity index (χ2n) is 6.20. The maximum atomic E-state index is 12.7. The third-order valence-electron chi connectivity index (χ3n) is 4.52. The summed E-state index contributed by atoms with van der Waals surface area (Å²) in [6.07, 6.45) is 1.68. The summed E-state index contributed by atoms with van der Waals surface area (Å²) in [4.78, 5) is 26.7. The lowest BCUT2D eigenvalue weighted by Crippen LogP contribution is -2.47. The predicted molar refractivity (Wildman–Crippen MR) is 99.9 cm³/mol. The number of urea groups is 1. The van der Waals surface area contributed by atoms with Gasteiger partial charge in [-0.05, 0) is 43.0 Å². The summed E-state index contributed by atoms with van der Waals surface area (Å²) in [6.45, 7) is 4.41. The van der Waals surface area contributed by atoms with E-state index in [1.165, 1.54) is 5.56 Å². The number of fused-ring (bicyclic) bond motifs is 1. The summed E-state index contributed by atoms with van der Waals surface area (Å²) < 4.78 is 0. The highest BCUT2D eigenvalue weighted by atomic mass is 16.2. The molecular formula is C20H23N3O2. The molecule has 1 atom stereocenters. The number of anilines is 2. The quantitative estimate of drug-likeness (QED) is 0.899. The highest BCUT2D eigenvalue weighted by Gasteiger charge is 2.28. The Morgan fingerprint density at radius 2 is 1.84 bits per heavy atom. The molecule has 0 radical (unpaired) electrons. The fraction of sp³-hybridized carbons (Fsp3) is 0.300. The van der Waals surface area contributed by atoms with E-state index in [-0.39, 0.29) is 11.9 Å². The molecule has 0 saturated heterocycles. The Kier molecular flexibility index (Phi) is 5.03. The van der Waals surface area contributed by atoms with Crippen LogP contribution in [0.3, 0.4) is 0 Å². The second kappa shape index (κ2) is 7.38. The molecule has 130 valence electrons. The molecular weight excluding hydrogens is 314 g/mol. The van der Waals surface area contributed by atoms with Crippen LogP contribution in [0.15, 0.2) is 48.5 Å². The summed E-state index contributed by atoms with van der Waals surface area (Å²) in [6, 6.07) is 14.6. The molecule has 0 aliphatic carbocycles. The summed E-state index contributed by atoms with van der Waals surface area (Å²) in [5.41, 5.74) is 3.95. The van der Waals surface area contributed by atoms with Crippen molar-refractivity contribution in [3.63, 3.8) is 0 Å². The van der Waals surface area contributed by atoms with Crippen molar-refractivity contribution < 1.29 is 9.59 Å². The lowest BCUT2D eigenvalue weighted by atomic mass is 10.1. The molecule has 25 heavy (non-hydrogen) atoms. The molecule has 0 fully saturated rings. The molecule has 1 aliphatic heterocycles. The highest BCUT2D eigenvalue weighted by Crippen LogP contribution is 2.27. The Balaban J connectivity index is 1.63. The van der Waals surface area contributed by atoms with Gasteiger partial charge >= 0.3 is 6.03 Å². The smallest absolute Gasteiger partial charge is 0.319 e. The van der Waals surface area contributed by atoms with E-state index in [9.17, 15) is 9.59 Å². The standard InChI is InChI=1S/C20H23N3O2/c1-3-15-8-4-6-10-17(15)22-20(25)21-14(2)19(24)23-13-12-16-9-5-7-11-18(16)23/h4-11,14H,3,12-13H2,1-2H3,(H2,21,22,25)/t14-/m1/s1. The minimum atomic E-state index is -0.597. The van der Waals surface area contributed by atoms with E-state index >= 15 is 0 Å². The van der Waals surface area contributed by atoms with E-state index in [4.69, 9.17) is 0 Å². The van der Waals surface area contributed by atoms with Crippen molar-refractivity contribution in [3.8, 4) is 0 Å². The second-order valence-corrected chi connectivity index (χ2v) is 6.20. The van der Waals surface area contributed by atoms with Crippen LogP contribution in [0.25, 0.3) is 0 Å². The van der Waals surface area contributed by atoms with Crippen molar-refractivity contribution in [2.24, 2.45) is 0 Å². The number of rotatable bonds is 4. The van der Waals surface area contributed by atoms with Crippen molar-refractivity contribution in [2.45, 2.75) is 32.7 Å². The van der Waals surface area contributed by atoms with Crippen LogP contribution in [0.2, 0.25) is 0 Å². The number of hydrogen-bond acceptors (Lipinski definition) is 2. The van der Waals surface area contributed by atoms with Crippen molar-refractivity contribution in [1.82, 2.24) is 5.32 Å². The van der Waals surface area contributed by atoms with Crippen LogP contribution in [-0.2, 0) is 17.6 Å². The normalized spacial score (nSPS) is 13.9. The third-order valence-corrected chi connectivity index (χ3v) is 4.52. The van der Waals surface area contributed by atoms with E-state index in [1.807, 2.05) is 55.5 Å².